The van der Waals surface area contributed by atoms with Gasteiger partial charge in [-0.3, -0.25) is 0 Å². The van der Waals surface area contributed by atoms with Gasteiger partial charge >= 0.3 is 0 Å². The van der Waals surface area contributed by atoms with Crippen molar-refractivity contribution < 1.29 is 14.2 Å². The number of hydrogen-bond donors (Lipinski definition) is 1. The average Bonchev–Trinajstić information content (AvgIpc) is 2.46. The molecule has 19 heavy (non-hydrogen) atoms. The lowest BCUT2D eigenvalue weighted by molar-refractivity contribution is 0.0287. The highest BCUT2D eigenvalue weighted by atomic mass is 16.5. The topological polar surface area (TPSA) is 63.5 Å². The number of rotatable bonds is 8. The van der Waals surface area contributed by atoms with Crippen molar-refractivity contribution in [2.45, 2.75) is 12.6 Å². The first-order valence-electron chi connectivity index (χ1n) is 6.04. The summed E-state index contributed by atoms with van der Waals surface area (Å²) >= 11 is 0. The summed E-state index contributed by atoms with van der Waals surface area (Å²) in [4.78, 5) is 0. The molecule has 0 heterocycles. The standard InChI is InChI=1S/C14H20N2O3/c1-17-10-13(18-2)9-16-8-12-6-11(7-15)4-5-14(12)19-3/h4-6,13,16H,8-10H2,1-3H3. The van der Waals surface area contributed by atoms with E-state index in [9.17, 15) is 0 Å². The lowest BCUT2D eigenvalue weighted by Crippen LogP contribution is -2.31. The molecule has 1 N–H and O–H groups in total. The second kappa shape index (κ2) is 8.48. The van der Waals surface area contributed by atoms with Crippen molar-refractivity contribution in [2.24, 2.45) is 0 Å². The van der Waals surface area contributed by atoms with Crippen LogP contribution in [0.3, 0.4) is 0 Å². The normalized spacial score (nSPS) is 11.9. The number of nitrogens with one attached hydrogen (secondary N) is 1. The number of benzene rings is 1. The van der Waals surface area contributed by atoms with Gasteiger partial charge in [0.2, 0.25) is 0 Å². The number of hydrogen-bond acceptors (Lipinski definition) is 5. The molecule has 1 rings (SSSR count). The molecule has 5 nitrogen and oxygen atoms in total. The van der Waals surface area contributed by atoms with Crippen LogP contribution in [0.15, 0.2) is 18.2 Å². The molecular formula is C14H20N2O3. The van der Waals surface area contributed by atoms with Gasteiger partial charge in [0, 0.05) is 32.9 Å². The van der Waals surface area contributed by atoms with Crippen LogP contribution in [0.1, 0.15) is 11.1 Å². The van der Waals surface area contributed by atoms with Crippen LogP contribution in [-0.2, 0) is 16.0 Å². The van der Waals surface area contributed by atoms with Gasteiger partial charge in [-0.15, -0.1) is 0 Å². The highest BCUT2D eigenvalue weighted by Gasteiger charge is 2.08. The molecule has 5 heteroatoms. The first kappa shape index (κ1) is 15.4. The molecule has 0 aliphatic rings. The largest absolute Gasteiger partial charge is 0.496 e. The van der Waals surface area contributed by atoms with Gasteiger partial charge < -0.3 is 19.5 Å². The maximum absolute atomic E-state index is 8.90. The van der Waals surface area contributed by atoms with Crippen molar-refractivity contribution >= 4 is 0 Å². The molecule has 0 bridgehead atoms. The Balaban J connectivity index is 2.59. The predicted octanol–water partition coefficient (Wildman–Crippen LogP) is 1.32. The first-order chi connectivity index (χ1) is 9.24. The molecule has 1 unspecified atom stereocenters. The van der Waals surface area contributed by atoms with Gasteiger partial charge in [-0.05, 0) is 18.2 Å². The van der Waals surface area contributed by atoms with Crippen molar-refractivity contribution in [1.82, 2.24) is 5.32 Å². The fourth-order valence-electron chi connectivity index (χ4n) is 1.75. The van der Waals surface area contributed by atoms with Crippen LogP contribution in [0.4, 0.5) is 0 Å². The number of nitriles is 1. The van der Waals surface area contributed by atoms with Crippen LogP contribution in [0, 0.1) is 11.3 Å². The fraction of sp³-hybridized carbons (Fsp3) is 0.500. The average molecular weight is 264 g/mol. The van der Waals surface area contributed by atoms with E-state index in [1.807, 2.05) is 6.07 Å². The minimum absolute atomic E-state index is 0.00939. The molecule has 0 aromatic heterocycles. The van der Waals surface area contributed by atoms with Crippen molar-refractivity contribution in [3.05, 3.63) is 29.3 Å². The molecule has 1 aromatic carbocycles. The molecule has 0 saturated heterocycles. The number of ether oxygens (including phenoxy) is 3. The minimum Gasteiger partial charge on any atom is -0.496 e. The summed E-state index contributed by atoms with van der Waals surface area (Å²) in [6.07, 6.45) is 0.00939. The lowest BCUT2D eigenvalue weighted by atomic mass is 10.1. The quantitative estimate of drug-likeness (QED) is 0.767. The van der Waals surface area contributed by atoms with E-state index >= 15 is 0 Å². The fourth-order valence-corrected chi connectivity index (χ4v) is 1.75. The third kappa shape index (κ3) is 4.87. The van der Waals surface area contributed by atoms with Crippen LogP contribution in [0.2, 0.25) is 0 Å². The summed E-state index contributed by atoms with van der Waals surface area (Å²) in [5.41, 5.74) is 1.58. The Bertz CT molecular complexity index is 429. The van der Waals surface area contributed by atoms with Gasteiger partial charge in [0.15, 0.2) is 0 Å². The molecule has 0 saturated carbocycles. The molecule has 0 fully saturated rings. The van der Waals surface area contributed by atoms with Crippen molar-refractivity contribution in [2.75, 3.05) is 34.5 Å². The van der Waals surface area contributed by atoms with Crippen LogP contribution < -0.4 is 10.1 Å². The monoisotopic (exact) mass is 264 g/mol. The molecular weight excluding hydrogens is 244 g/mol. The minimum atomic E-state index is 0.00939. The molecule has 0 amide bonds. The summed E-state index contributed by atoms with van der Waals surface area (Å²) < 4.78 is 15.6. The highest BCUT2D eigenvalue weighted by molar-refractivity contribution is 5.41. The summed E-state index contributed by atoms with van der Waals surface area (Å²) in [7, 11) is 4.92. The molecule has 0 spiro atoms. The van der Waals surface area contributed by atoms with Crippen LogP contribution in [-0.4, -0.2) is 40.6 Å². The summed E-state index contributed by atoms with van der Waals surface area (Å²) in [6.45, 7) is 1.82. The molecule has 104 valence electrons. The predicted molar refractivity (Wildman–Crippen MR) is 72.1 cm³/mol. The second-order valence-electron chi connectivity index (χ2n) is 4.08. The number of methoxy groups -OCH3 is 3. The number of nitrogens with zero attached hydrogens (tertiary/aromatic N) is 1. The van der Waals surface area contributed by atoms with Gasteiger partial charge in [-0.25, -0.2) is 0 Å². The first-order valence-corrected chi connectivity index (χ1v) is 6.04. The second-order valence-corrected chi connectivity index (χ2v) is 4.08. The molecule has 1 atom stereocenters. The van der Waals surface area contributed by atoms with Crippen molar-refractivity contribution in [3.8, 4) is 11.8 Å². The lowest BCUT2D eigenvalue weighted by Gasteiger charge is -2.16. The van der Waals surface area contributed by atoms with E-state index < -0.39 is 0 Å². The Kier molecular flexibility index (Phi) is 6.90. The Morgan fingerprint density at radius 1 is 1.32 bits per heavy atom. The van der Waals surface area contributed by atoms with Gasteiger partial charge in [0.05, 0.1) is 31.5 Å². The SMILES string of the molecule is COCC(CNCc1cc(C#N)ccc1OC)OC. The van der Waals surface area contributed by atoms with E-state index in [4.69, 9.17) is 19.5 Å². The maximum atomic E-state index is 8.90. The smallest absolute Gasteiger partial charge is 0.123 e. The summed E-state index contributed by atoms with van der Waals surface area (Å²) in [5, 5.41) is 12.2. The van der Waals surface area contributed by atoms with Crippen LogP contribution in [0.5, 0.6) is 5.75 Å². The Morgan fingerprint density at radius 2 is 2.11 bits per heavy atom. The third-order valence-corrected chi connectivity index (χ3v) is 2.78. The zero-order chi connectivity index (χ0) is 14.1. The van der Waals surface area contributed by atoms with Gasteiger partial charge in [-0.1, -0.05) is 0 Å². The zero-order valence-electron chi connectivity index (χ0n) is 11.6. The Morgan fingerprint density at radius 3 is 2.68 bits per heavy atom. The van der Waals surface area contributed by atoms with Gasteiger partial charge in [-0.2, -0.15) is 5.26 Å². The van der Waals surface area contributed by atoms with E-state index in [0.717, 1.165) is 11.3 Å². The van der Waals surface area contributed by atoms with Gasteiger partial charge in [0.25, 0.3) is 0 Å². The van der Waals surface area contributed by atoms with E-state index in [-0.39, 0.29) is 6.10 Å². The van der Waals surface area contributed by atoms with Gasteiger partial charge in [0.1, 0.15) is 5.75 Å². The molecule has 0 aliphatic heterocycles. The Labute approximate surface area is 114 Å². The molecule has 0 radical (unpaired) electrons. The highest BCUT2D eigenvalue weighted by Crippen LogP contribution is 2.19. The van der Waals surface area contributed by atoms with Crippen molar-refractivity contribution in [1.29, 1.82) is 5.26 Å². The molecule has 0 aliphatic carbocycles. The van der Waals surface area contributed by atoms with E-state index in [1.165, 1.54) is 0 Å². The maximum Gasteiger partial charge on any atom is 0.123 e. The van der Waals surface area contributed by atoms with Crippen molar-refractivity contribution in [3.63, 3.8) is 0 Å². The Hall–Kier alpha value is -1.61. The van der Waals surface area contributed by atoms with E-state index in [2.05, 4.69) is 11.4 Å². The van der Waals surface area contributed by atoms with Crippen LogP contribution in [0.25, 0.3) is 0 Å². The zero-order valence-corrected chi connectivity index (χ0v) is 11.6. The summed E-state index contributed by atoms with van der Waals surface area (Å²) in [5.74, 6) is 0.771. The molecule has 1 aromatic rings. The van der Waals surface area contributed by atoms with E-state index in [1.54, 1.807) is 33.5 Å². The summed E-state index contributed by atoms with van der Waals surface area (Å²) in [6, 6.07) is 7.49. The van der Waals surface area contributed by atoms with E-state index in [0.29, 0.717) is 25.3 Å². The third-order valence-electron chi connectivity index (χ3n) is 2.78. The van der Waals surface area contributed by atoms with Crippen LogP contribution >= 0.6 is 0 Å².